The molecule has 1 aromatic rings. The first-order chi connectivity index (χ1) is 9.13. The van der Waals surface area contributed by atoms with Crippen LogP contribution in [-0.2, 0) is 4.74 Å². The lowest BCUT2D eigenvalue weighted by molar-refractivity contribution is 0.00155. The van der Waals surface area contributed by atoms with E-state index < -0.39 is 0 Å². The number of hydrogen-bond donors (Lipinski definition) is 0. The first-order valence-electron chi connectivity index (χ1n) is 7.01. The van der Waals surface area contributed by atoms with Gasteiger partial charge in [-0.15, -0.1) is 0 Å². The quantitative estimate of drug-likeness (QED) is 0.776. The average molecular weight is 260 g/mol. The summed E-state index contributed by atoms with van der Waals surface area (Å²) in [5, 5.41) is 0. The van der Waals surface area contributed by atoms with Gasteiger partial charge in [-0.3, -0.25) is 9.78 Å². The molecule has 0 bridgehead atoms. The van der Waals surface area contributed by atoms with Gasteiger partial charge >= 0.3 is 0 Å². The molecule has 3 atom stereocenters. The third-order valence-corrected chi connectivity index (χ3v) is 4.18. The van der Waals surface area contributed by atoms with Crippen LogP contribution in [-0.4, -0.2) is 41.1 Å². The van der Waals surface area contributed by atoms with E-state index >= 15 is 0 Å². The van der Waals surface area contributed by atoms with E-state index in [1.165, 1.54) is 0 Å². The van der Waals surface area contributed by atoms with Crippen LogP contribution in [0.2, 0.25) is 0 Å². The summed E-state index contributed by atoms with van der Waals surface area (Å²) in [4.78, 5) is 18.5. The zero-order valence-corrected chi connectivity index (χ0v) is 11.5. The Morgan fingerprint density at radius 1 is 1.47 bits per heavy atom. The molecule has 0 N–H and O–H groups in total. The molecule has 0 aliphatic carbocycles. The van der Waals surface area contributed by atoms with Gasteiger partial charge in [-0.2, -0.15) is 0 Å². The summed E-state index contributed by atoms with van der Waals surface area (Å²) >= 11 is 0. The van der Waals surface area contributed by atoms with Gasteiger partial charge in [0.05, 0.1) is 17.8 Å². The van der Waals surface area contributed by atoms with Crippen molar-refractivity contribution in [2.45, 2.75) is 38.9 Å². The van der Waals surface area contributed by atoms with Gasteiger partial charge in [0, 0.05) is 25.0 Å². The Balaban J connectivity index is 1.70. The molecule has 102 valence electrons. The number of rotatable bonds is 1. The average Bonchev–Trinajstić information content (AvgIpc) is 2.77. The molecule has 1 amide bonds. The summed E-state index contributed by atoms with van der Waals surface area (Å²) in [5.74, 6) is 0.712. The largest absolute Gasteiger partial charge is 0.373 e. The highest BCUT2D eigenvalue weighted by molar-refractivity contribution is 5.94. The summed E-state index contributed by atoms with van der Waals surface area (Å²) in [7, 11) is 0. The van der Waals surface area contributed by atoms with Crippen LogP contribution in [0.1, 0.15) is 35.8 Å². The van der Waals surface area contributed by atoms with E-state index in [4.69, 9.17) is 4.74 Å². The van der Waals surface area contributed by atoms with Crippen LogP contribution in [0.3, 0.4) is 0 Å². The number of carbonyl (C=O) groups excluding carboxylic acids is 1. The van der Waals surface area contributed by atoms with Gasteiger partial charge in [-0.1, -0.05) is 0 Å². The number of amides is 1. The standard InChI is InChI=1S/C15H20N2O2/c1-10-3-4-13(8-16-10)15(18)17-6-5-12-7-11(2)19-14(12)9-17/h3-4,8,11-12,14H,5-7,9H2,1-2H3/t11-,12-,14+/m1/s1. The number of hydrogen-bond acceptors (Lipinski definition) is 3. The van der Waals surface area contributed by atoms with Crippen molar-refractivity contribution < 1.29 is 9.53 Å². The molecule has 3 heterocycles. The summed E-state index contributed by atoms with van der Waals surface area (Å²) in [5.41, 5.74) is 1.61. The number of ether oxygens (including phenoxy) is 1. The Labute approximate surface area is 113 Å². The van der Waals surface area contributed by atoms with Gasteiger partial charge in [0.2, 0.25) is 0 Å². The molecule has 2 aliphatic rings. The number of piperidine rings is 1. The number of aromatic nitrogens is 1. The van der Waals surface area contributed by atoms with Crippen LogP contribution in [0.4, 0.5) is 0 Å². The smallest absolute Gasteiger partial charge is 0.255 e. The lowest BCUT2D eigenvalue weighted by atomic mass is 9.92. The van der Waals surface area contributed by atoms with Crippen LogP contribution in [0.5, 0.6) is 0 Å². The van der Waals surface area contributed by atoms with Crippen LogP contribution in [0.25, 0.3) is 0 Å². The van der Waals surface area contributed by atoms with Crippen LogP contribution in [0.15, 0.2) is 18.3 Å². The third-order valence-electron chi connectivity index (χ3n) is 4.18. The number of carbonyl (C=O) groups is 1. The summed E-state index contributed by atoms with van der Waals surface area (Å²) in [6.45, 7) is 5.60. The Morgan fingerprint density at radius 2 is 2.32 bits per heavy atom. The molecule has 3 rings (SSSR count). The fraction of sp³-hybridized carbons (Fsp3) is 0.600. The van der Waals surface area contributed by atoms with Crippen LogP contribution in [0, 0.1) is 12.8 Å². The molecule has 0 aromatic carbocycles. The van der Waals surface area contributed by atoms with Gasteiger partial charge in [0.25, 0.3) is 5.91 Å². The van der Waals surface area contributed by atoms with Crippen molar-refractivity contribution in [2.24, 2.45) is 5.92 Å². The fourth-order valence-corrected chi connectivity index (χ4v) is 3.13. The second-order valence-electron chi connectivity index (χ2n) is 5.71. The van der Waals surface area contributed by atoms with Crippen molar-refractivity contribution in [3.05, 3.63) is 29.6 Å². The molecule has 0 radical (unpaired) electrons. The van der Waals surface area contributed by atoms with E-state index in [1.807, 2.05) is 24.0 Å². The van der Waals surface area contributed by atoms with Crippen molar-refractivity contribution >= 4 is 5.91 Å². The van der Waals surface area contributed by atoms with Crippen LogP contribution < -0.4 is 0 Å². The Hall–Kier alpha value is -1.42. The van der Waals surface area contributed by atoms with Crippen molar-refractivity contribution in [2.75, 3.05) is 13.1 Å². The Morgan fingerprint density at radius 3 is 3.05 bits per heavy atom. The van der Waals surface area contributed by atoms with E-state index in [1.54, 1.807) is 6.20 Å². The van der Waals surface area contributed by atoms with E-state index in [2.05, 4.69) is 11.9 Å². The minimum Gasteiger partial charge on any atom is -0.373 e. The molecule has 0 spiro atoms. The molecule has 2 fully saturated rings. The van der Waals surface area contributed by atoms with Gasteiger partial charge in [0.1, 0.15) is 0 Å². The van der Waals surface area contributed by atoms with E-state index in [0.717, 1.165) is 31.6 Å². The minimum atomic E-state index is 0.0779. The molecule has 19 heavy (non-hydrogen) atoms. The van der Waals surface area contributed by atoms with E-state index in [-0.39, 0.29) is 12.0 Å². The predicted octanol–water partition coefficient (Wildman–Crippen LogP) is 2.03. The predicted molar refractivity (Wildman–Crippen MR) is 71.9 cm³/mol. The third kappa shape index (κ3) is 2.50. The number of fused-ring (bicyclic) bond motifs is 1. The normalized spacial score (nSPS) is 30.2. The highest BCUT2D eigenvalue weighted by Gasteiger charge is 2.38. The van der Waals surface area contributed by atoms with Crippen molar-refractivity contribution in [3.63, 3.8) is 0 Å². The maximum atomic E-state index is 12.4. The molecule has 2 saturated heterocycles. The maximum Gasteiger partial charge on any atom is 0.255 e. The summed E-state index contributed by atoms with van der Waals surface area (Å²) < 4.78 is 5.89. The lowest BCUT2D eigenvalue weighted by Crippen LogP contribution is -2.45. The molecular formula is C15H20N2O2. The molecule has 0 saturated carbocycles. The monoisotopic (exact) mass is 260 g/mol. The number of aryl methyl sites for hydroxylation is 1. The molecule has 0 unspecified atom stereocenters. The molecule has 4 heteroatoms. The summed E-state index contributed by atoms with van der Waals surface area (Å²) in [6.07, 6.45) is 4.43. The number of likely N-dealkylation sites (tertiary alicyclic amines) is 1. The summed E-state index contributed by atoms with van der Waals surface area (Å²) in [6, 6.07) is 3.74. The zero-order valence-electron chi connectivity index (χ0n) is 11.5. The molecule has 2 aliphatic heterocycles. The topological polar surface area (TPSA) is 42.4 Å². The first-order valence-corrected chi connectivity index (χ1v) is 7.01. The number of nitrogens with zero attached hydrogens (tertiary/aromatic N) is 2. The molecular weight excluding hydrogens is 240 g/mol. The minimum absolute atomic E-state index is 0.0779. The van der Waals surface area contributed by atoms with Crippen molar-refractivity contribution in [1.29, 1.82) is 0 Å². The van der Waals surface area contributed by atoms with Gasteiger partial charge < -0.3 is 9.64 Å². The SMILES string of the molecule is Cc1ccc(C(=O)N2CC[C@@H]3C[C@@H](C)O[C@H]3C2)cn1. The highest BCUT2D eigenvalue weighted by atomic mass is 16.5. The highest BCUT2D eigenvalue weighted by Crippen LogP contribution is 2.33. The van der Waals surface area contributed by atoms with E-state index in [0.29, 0.717) is 17.6 Å². The second kappa shape index (κ2) is 4.93. The first kappa shape index (κ1) is 12.6. The van der Waals surface area contributed by atoms with Crippen molar-refractivity contribution in [3.8, 4) is 0 Å². The van der Waals surface area contributed by atoms with E-state index in [9.17, 15) is 4.79 Å². The Kier molecular flexibility index (Phi) is 3.27. The molecule has 1 aromatic heterocycles. The zero-order chi connectivity index (χ0) is 13.4. The lowest BCUT2D eigenvalue weighted by Gasteiger charge is -2.34. The Bertz CT molecular complexity index is 472. The van der Waals surface area contributed by atoms with Gasteiger partial charge in [-0.25, -0.2) is 0 Å². The number of pyridine rings is 1. The van der Waals surface area contributed by atoms with Crippen molar-refractivity contribution in [1.82, 2.24) is 9.88 Å². The second-order valence-corrected chi connectivity index (χ2v) is 5.71. The van der Waals surface area contributed by atoms with Gasteiger partial charge in [0.15, 0.2) is 0 Å². The maximum absolute atomic E-state index is 12.4. The van der Waals surface area contributed by atoms with Gasteiger partial charge in [-0.05, 0) is 44.7 Å². The molecule has 4 nitrogen and oxygen atoms in total. The fourth-order valence-electron chi connectivity index (χ4n) is 3.13. The van der Waals surface area contributed by atoms with Crippen LogP contribution >= 0.6 is 0 Å².